The highest BCUT2D eigenvalue weighted by Gasteiger charge is 2.37. The van der Waals surface area contributed by atoms with Gasteiger partial charge in [0.2, 0.25) is 0 Å². The fourth-order valence-corrected chi connectivity index (χ4v) is 2.84. The number of halogens is 3. The first-order valence-corrected chi connectivity index (χ1v) is 6.03. The Morgan fingerprint density at radius 3 is 2.50 bits per heavy atom. The van der Waals surface area contributed by atoms with Crippen molar-refractivity contribution in [3.63, 3.8) is 0 Å². The summed E-state index contributed by atoms with van der Waals surface area (Å²) in [5.41, 5.74) is -0.179. The number of alkyl halides is 3. The molecule has 0 bridgehead atoms. The lowest BCUT2D eigenvalue weighted by Gasteiger charge is -2.20. The van der Waals surface area contributed by atoms with Crippen LogP contribution in [0.5, 0.6) is 0 Å². The SMILES string of the molecule is FC(F)(F)c1cc(N2C[C@H]3CNC[C@H]3C2)ccn1. The fourth-order valence-electron chi connectivity index (χ4n) is 2.84. The zero-order valence-electron chi connectivity index (χ0n) is 9.74. The predicted molar refractivity (Wildman–Crippen MR) is 61.3 cm³/mol. The standard InChI is InChI=1S/C12H14F3N3/c13-12(14,15)11-3-10(1-2-17-11)18-6-8-4-16-5-9(8)7-18/h1-3,8-9,16H,4-7H2/t8-,9+. The second kappa shape index (κ2) is 4.12. The quantitative estimate of drug-likeness (QED) is 0.831. The second-order valence-corrected chi connectivity index (χ2v) is 4.98. The van der Waals surface area contributed by atoms with Gasteiger partial charge < -0.3 is 10.2 Å². The van der Waals surface area contributed by atoms with Crippen molar-refractivity contribution in [3.8, 4) is 0 Å². The normalized spacial score (nSPS) is 27.6. The van der Waals surface area contributed by atoms with Crippen LogP contribution in [0, 0.1) is 11.8 Å². The summed E-state index contributed by atoms with van der Waals surface area (Å²) < 4.78 is 37.8. The highest BCUT2D eigenvalue weighted by molar-refractivity contribution is 5.48. The summed E-state index contributed by atoms with van der Waals surface area (Å²) in [5, 5.41) is 3.31. The van der Waals surface area contributed by atoms with Gasteiger partial charge in [0.05, 0.1) is 0 Å². The third kappa shape index (κ3) is 2.05. The van der Waals surface area contributed by atoms with Crippen molar-refractivity contribution >= 4 is 5.69 Å². The second-order valence-electron chi connectivity index (χ2n) is 4.98. The largest absolute Gasteiger partial charge is 0.433 e. The number of hydrogen-bond donors (Lipinski definition) is 1. The molecule has 2 atom stereocenters. The minimum Gasteiger partial charge on any atom is -0.371 e. The van der Waals surface area contributed by atoms with Gasteiger partial charge in [0.15, 0.2) is 0 Å². The first kappa shape index (κ1) is 11.8. The summed E-state index contributed by atoms with van der Waals surface area (Å²) in [5.74, 6) is 1.13. The molecule has 0 saturated carbocycles. The van der Waals surface area contributed by atoms with Crippen molar-refractivity contribution in [1.29, 1.82) is 0 Å². The lowest BCUT2D eigenvalue weighted by molar-refractivity contribution is -0.141. The minimum absolute atomic E-state index is 0.563. The van der Waals surface area contributed by atoms with Gasteiger partial charge in [-0.1, -0.05) is 0 Å². The molecule has 3 nitrogen and oxygen atoms in total. The lowest BCUT2D eigenvalue weighted by Crippen LogP contribution is -2.25. The van der Waals surface area contributed by atoms with Gasteiger partial charge in [0, 0.05) is 38.1 Å². The monoisotopic (exact) mass is 257 g/mol. The van der Waals surface area contributed by atoms with Gasteiger partial charge >= 0.3 is 6.18 Å². The van der Waals surface area contributed by atoms with Crippen molar-refractivity contribution in [1.82, 2.24) is 10.3 Å². The number of hydrogen-bond acceptors (Lipinski definition) is 3. The van der Waals surface area contributed by atoms with E-state index < -0.39 is 11.9 Å². The van der Waals surface area contributed by atoms with E-state index in [1.54, 1.807) is 6.07 Å². The van der Waals surface area contributed by atoms with Crippen molar-refractivity contribution < 1.29 is 13.2 Å². The van der Waals surface area contributed by atoms with Crippen molar-refractivity contribution in [2.24, 2.45) is 11.8 Å². The maximum absolute atomic E-state index is 12.6. The van der Waals surface area contributed by atoms with Crippen LogP contribution >= 0.6 is 0 Å². The Kier molecular flexibility index (Phi) is 2.69. The molecule has 0 amide bonds. The van der Waals surface area contributed by atoms with E-state index in [2.05, 4.69) is 10.3 Å². The summed E-state index contributed by atoms with van der Waals surface area (Å²) in [6, 6.07) is 2.80. The van der Waals surface area contributed by atoms with Crippen LogP contribution in [0.3, 0.4) is 0 Å². The Morgan fingerprint density at radius 1 is 1.22 bits per heavy atom. The molecule has 1 N–H and O–H groups in total. The highest BCUT2D eigenvalue weighted by atomic mass is 19.4. The molecule has 18 heavy (non-hydrogen) atoms. The Balaban J connectivity index is 1.81. The molecule has 0 radical (unpaired) electrons. The Morgan fingerprint density at radius 2 is 1.89 bits per heavy atom. The number of rotatable bonds is 1. The van der Waals surface area contributed by atoms with Crippen LogP contribution in [0.15, 0.2) is 18.3 Å². The smallest absolute Gasteiger partial charge is 0.371 e. The van der Waals surface area contributed by atoms with Crippen LogP contribution in [0.2, 0.25) is 0 Å². The Bertz CT molecular complexity index is 434. The van der Waals surface area contributed by atoms with E-state index in [9.17, 15) is 13.2 Å². The van der Waals surface area contributed by atoms with Crippen LogP contribution < -0.4 is 10.2 Å². The molecule has 0 unspecified atom stereocenters. The molecular weight excluding hydrogens is 243 g/mol. The number of nitrogens with one attached hydrogen (secondary N) is 1. The molecule has 98 valence electrons. The number of anilines is 1. The summed E-state index contributed by atoms with van der Waals surface area (Å²) >= 11 is 0. The average molecular weight is 257 g/mol. The topological polar surface area (TPSA) is 28.2 Å². The lowest BCUT2D eigenvalue weighted by atomic mass is 10.0. The third-order valence-electron chi connectivity index (χ3n) is 3.79. The van der Waals surface area contributed by atoms with E-state index in [4.69, 9.17) is 0 Å². The van der Waals surface area contributed by atoms with Gasteiger partial charge in [-0.25, -0.2) is 0 Å². The molecule has 3 rings (SSSR count). The molecule has 6 heteroatoms. The Hall–Kier alpha value is -1.30. The Labute approximate surface area is 103 Å². The summed E-state index contributed by atoms with van der Waals surface area (Å²) in [6.07, 6.45) is -3.13. The number of fused-ring (bicyclic) bond motifs is 1. The number of pyridine rings is 1. The van der Waals surface area contributed by atoms with E-state index in [1.807, 2.05) is 4.90 Å². The molecule has 0 aromatic carbocycles. The molecular formula is C12H14F3N3. The summed E-state index contributed by atoms with van der Waals surface area (Å²) in [6.45, 7) is 3.61. The summed E-state index contributed by atoms with van der Waals surface area (Å²) in [7, 11) is 0. The molecule has 2 fully saturated rings. The van der Waals surface area contributed by atoms with Gasteiger partial charge in [-0.05, 0) is 24.0 Å². The number of aromatic nitrogens is 1. The molecule has 0 aliphatic carbocycles. The maximum atomic E-state index is 12.6. The van der Waals surface area contributed by atoms with Crippen LogP contribution in [-0.4, -0.2) is 31.2 Å². The van der Waals surface area contributed by atoms with E-state index in [0.29, 0.717) is 17.5 Å². The highest BCUT2D eigenvalue weighted by Crippen LogP contribution is 2.33. The van der Waals surface area contributed by atoms with Crippen LogP contribution in [0.25, 0.3) is 0 Å². The van der Waals surface area contributed by atoms with Crippen LogP contribution in [0.1, 0.15) is 5.69 Å². The molecule has 0 spiro atoms. The van der Waals surface area contributed by atoms with Gasteiger partial charge in [-0.3, -0.25) is 4.98 Å². The first-order chi connectivity index (χ1) is 8.54. The molecule has 2 aliphatic rings. The predicted octanol–water partition coefficient (Wildman–Crippen LogP) is 1.76. The van der Waals surface area contributed by atoms with E-state index in [-0.39, 0.29) is 0 Å². The van der Waals surface area contributed by atoms with Crippen molar-refractivity contribution in [3.05, 3.63) is 24.0 Å². The van der Waals surface area contributed by atoms with Crippen LogP contribution in [-0.2, 0) is 6.18 Å². The van der Waals surface area contributed by atoms with E-state index in [0.717, 1.165) is 32.2 Å². The zero-order chi connectivity index (χ0) is 12.8. The number of nitrogens with zero attached hydrogens (tertiary/aromatic N) is 2. The van der Waals surface area contributed by atoms with Gasteiger partial charge in [-0.15, -0.1) is 0 Å². The average Bonchev–Trinajstić information content (AvgIpc) is 2.88. The fraction of sp³-hybridized carbons (Fsp3) is 0.583. The van der Waals surface area contributed by atoms with Crippen molar-refractivity contribution in [2.45, 2.75) is 6.18 Å². The summed E-state index contributed by atoms with van der Waals surface area (Å²) in [4.78, 5) is 5.43. The zero-order valence-corrected chi connectivity index (χ0v) is 9.74. The molecule has 2 aliphatic heterocycles. The van der Waals surface area contributed by atoms with Gasteiger partial charge in [-0.2, -0.15) is 13.2 Å². The van der Waals surface area contributed by atoms with Crippen molar-refractivity contribution in [2.75, 3.05) is 31.1 Å². The minimum atomic E-state index is -4.37. The molecule has 1 aromatic heterocycles. The van der Waals surface area contributed by atoms with Gasteiger partial charge in [0.1, 0.15) is 5.69 Å². The van der Waals surface area contributed by atoms with E-state index in [1.165, 1.54) is 6.20 Å². The van der Waals surface area contributed by atoms with Crippen LogP contribution in [0.4, 0.5) is 18.9 Å². The molecule has 2 saturated heterocycles. The first-order valence-electron chi connectivity index (χ1n) is 6.03. The molecule has 3 heterocycles. The third-order valence-corrected chi connectivity index (χ3v) is 3.79. The van der Waals surface area contributed by atoms with Gasteiger partial charge in [0.25, 0.3) is 0 Å². The van der Waals surface area contributed by atoms with E-state index >= 15 is 0 Å². The molecule has 1 aromatic rings. The maximum Gasteiger partial charge on any atom is 0.433 e.